The number of fused-ring (bicyclic) bond motifs is 6. The zero-order valence-corrected chi connectivity index (χ0v) is 40.3. The van der Waals surface area contributed by atoms with Gasteiger partial charge in [-0.25, -0.2) is 10.2 Å². The number of methoxy groups -OCH3 is 1. The molecule has 8 rings (SSSR count). The summed E-state index contributed by atoms with van der Waals surface area (Å²) in [4.78, 5) is 83.6. The highest BCUT2D eigenvalue weighted by molar-refractivity contribution is 6.44. The summed E-state index contributed by atoms with van der Waals surface area (Å²) in [5, 5.41) is 16.8. The highest BCUT2D eigenvalue weighted by Gasteiger charge is 2.39. The van der Waals surface area contributed by atoms with E-state index in [9.17, 15) is 29.1 Å². The van der Waals surface area contributed by atoms with Crippen molar-refractivity contribution in [1.29, 1.82) is 0 Å². The smallest absolute Gasteiger partial charge is 0.324 e. The highest BCUT2D eigenvalue weighted by atomic mass is 16.5. The monoisotopic (exact) mass is 931 g/mol. The minimum atomic E-state index is -1.17. The van der Waals surface area contributed by atoms with Crippen LogP contribution in [0.4, 0.5) is 4.79 Å². The van der Waals surface area contributed by atoms with E-state index in [2.05, 4.69) is 58.2 Å². The first-order valence-corrected chi connectivity index (χ1v) is 23.9. The molecule has 0 radical (unpaired) electrons. The second-order valence-corrected chi connectivity index (χ2v) is 19.7. The Bertz CT molecular complexity index is 2620. The maximum Gasteiger partial charge on any atom is 0.324 e. The van der Waals surface area contributed by atoms with Crippen LogP contribution in [0.15, 0.2) is 59.9 Å². The van der Waals surface area contributed by atoms with Crippen molar-refractivity contribution in [3.63, 3.8) is 0 Å². The molecule has 362 valence electrons. The lowest BCUT2D eigenvalue weighted by Gasteiger charge is -2.37. The van der Waals surface area contributed by atoms with Crippen LogP contribution < -0.4 is 10.7 Å². The van der Waals surface area contributed by atoms with Gasteiger partial charge >= 0.3 is 12.0 Å². The van der Waals surface area contributed by atoms with E-state index in [0.717, 1.165) is 44.4 Å². The van der Waals surface area contributed by atoms with Gasteiger partial charge in [-0.05, 0) is 96.7 Å². The second kappa shape index (κ2) is 20.1. The fraction of sp³-hybridized carbons (Fsp3) is 0.510. The van der Waals surface area contributed by atoms with Crippen LogP contribution in [0, 0.1) is 11.3 Å². The van der Waals surface area contributed by atoms with Gasteiger partial charge in [0.2, 0.25) is 5.91 Å². The molecule has 17 heteroatoms. The Kier molecular flexibility index (Phi) is 14.2. The van der Waals surface area contributed by atoms with E-state index in [0.29, 0.717) is 82.8 Å². The first-order chi connectivity index (χ1) is 32.6. The summed E-state index contributed by atoms with van der Waals surface area (Å²) in [5.74, 6) is -1.94. The number of cyclic esters (lactones) is 1. The first-order valence-electron chi connectivity index (χ1n) is 23.9. The number of nitrogens with one attached hydrogen (secondary N) is 2. The summed E-state index contributed by atoms with van der Waals surface area (Å²) in [5.41, 5.74) is 10.3. The van der Waals surface area contributed by atoms with Gasteiger partial charge in [0.25, 0.3) is 11.8 Å². The minimum Gasteiger partial charge on any atom is -0.508 e. The largest absolute Gasteiger partial charge is 0.508 e. The van der Waals surface area contributed by atoms with Crippen LogP contribution >= 0.6 is 0 Å². The summed E-state index contributed by atoms with van der Waals surface area (Å²) in [6, 6.07) is 10.1. The molecule has 2 aromatic heterocycles. The van der Waals surface area contributed by atoms with Crippen molar-refractivity contribution in [2.75, 3.05) is 60.0 Å². The van der Waals surface area contributed by atoms with Crippen molar-refractivity contribution in [3.8, 4) is 28.1 Å². The molecule has 4 aliphatic rings. The van der Waals surface area contributed by atoms with Crippen molar-refractivity contribution >= 4 is 46.3 Å². The van der Waals surface area contributed by atoms with E-state index in [4.69, 9.17) is 9.47 Å². The number of amides is 5. The molecule has 4 aliphatic heterocycles. The predicted molar refractivity (Wildman–Crippen MR) is 257 cm³/mol. The van der Waals surface area contributed by atoms with Crippen LogP contribution in [0.2, 0.25) is 0 Å². The van der Waals surface area contributed by atoms with Gasteiger partial charge in [-0.1, -0.05) is 39.8 Å². The number of aromatic nitrogens is 2. The Morgan fingerprint density at radius 2 is 1.78 bits per heavy atom. The van der Waals surface area contributed by atoms with E-state index < -0.39 is 41.3 Å². The van der Waals surface area contributed by atoms with Crippen LogP contribution in [0.1, 0.15) is 70.6 Å². The number of phenols is 1. The third-order valence-corrected chi connectivity index (χ3v) is 13.5. The van der Waals surface area contributed by atoms with Gasteiger partial charge in [0.15, 0.2) is 0 Å². The molecule has 2 fully saturated rings. The quantitative estimate of drug-likeness (QED) is 0.194. The molecule has 6 bridgehead atoms. The SMILES string of the molecule is CCn1c(-c2cnccc2COC)c2c3cc(ccc31)-c1cc(O)cc(c1)C[C@H](NC(=O)[C@H](C(C)C)N(C)C(=O)N1CCCN(C(=O)C3=NC3)CC1)C(=O)N1CCC[C@H](N1)C(=O)OCC(C)(C)C2. The average Bonchev–Trinajstić information content (AvgIpc) is 4.16. The molecule has 2 aromatic carbocycles. The number of nitrogens with zero attached hydrogens (tertiary/aromatic N) is 7. The molecule has 3 atom stereocenters. The zero-order valence-electron chi connectivity index (χ0n) is 40.3. The summed E-state index contributed by atoms with van der Waals surface area (Å²) < 4.78 is 14.0. The molecule has 2 saturated heterocycles. The molecule has 68 heavy (non-hydrogen) atoms. The molecule has 5 amide bonds. The number of carbonyl (C=O) groups excluding carboxylic acids is 5. The van der Waals surface area contributed by atoms with Crippen LogP contribution in [0.5, 0.6) is 5.75 Å². The van der Waals surface area contributed by atoms with Gasteiger partial charge in [-0.15, -0.1) is 0 Å². The maximum atomic E-state index is 14.8. The molecule has 3 N–H and O–H groups in total. The molecule has 0 aliphatic carbocycles. The number of aryl methyl sites for hydroxylation is 1. The third kappa shape index (κ3) is 10.2. The number of hydrogen-bond donors (Lipinski definition) is 3. The summed E-state index contributed by atoms with van der Waals surface area (Å²) in [7, 11) is 3.26. The van der Waals surface area contributed by atoms with Gasteiger partial charge in [-0.2, -0.15) is 0 Å². The van der Waals surface area contributed by atoms with Crippen LogP contribution in [0.25, 0.3) is 33.3 Å². The molecule has 17 nitrogen and oxygen atoms in total. The lowest BCUT2D eigenvalue weighted by molar-refractivity contribution is -0.155. The zero-order chi connectivity index (χ0) is 48.4. The number of hydrogen-bond acceptors (Lipinski definition) is 11. The van der Waals surface area contributed by atoms with E-state index in [1.165, 1.54) is 9.91 Å². The second-order valence-electron chi connectivity index (χ2n) is 19.7. The number of urea groups is 1. The van der Waals surface area contributed by atoms with Crippen molar-refractivity contribution in [1.82, 2.24) is 40.0 Å². The average molecular weight is 932 g/mol. The van der Waals surface area contributed by atoms with Crippen LogP contribution in [-0.2, 0) is 54.6 Å². The fourth-order valence-corrected chi connectivity index (χ4v) is 10.1. The number of rotatable bonds is 9. The van der Waals surface area contributed by atoms with Crippen molar-refractivity contribution in [2.24, 2.45) is 16.3 Å². The minimum absolute atomic E-state index is 0.00957. The Labute approximate surface area is 397 Å². The van der Waals surface area contributed by atoms with Crippen LogP contribution in [-0.4, -0.2) is 148 Å². The molecular formula is C51H65N9O8. The number of carbonyl (C=O) groups is 5. The summed E-state index contributed by atoms with van der Waals surface area (Å²) in [6.07, 6.45) is 5.71. The van der Waals surface area contributed by atoms with Gasteiger partial charge in [-0.3, -0.25) is 34.2 Å². The Balaban J connectivity index is 1.16. The standard InChI is InChI=1S/C51H65N9O8/c1-8-59-43-13-12-33-25-37(43)38(45(59)39-27-52-15-14-34(39)29-67-7)26-51(4,5)30-68-49(65)40-11-9-18-60(55-40)48(64)41(23-32-21-35(33)24-36(61)22-32)54-46(62)44(31(2)3)56(6)50(66)58-17-10-16-57(19-20-58)47(63)42-28-53-42/h12-15,21-22,24-25,27,31,40-41,44,55,61H,8-11,16-20,23,26,28-30H2,1-7H3,(H,54,62)/t40-,41-,44-/m0/s1. The van der Waals surface area contributed by atoms with Gasteiger partial charge in [0.05, 0.1) is 25.5 Å². The van der Waals surface area contributed by atoms with Crippen LogP contribution in [0.3, 0.4) is 0 Å². The molecule has 4 aromatic rings. The molecule has 0 spiro atoms. The number of pyridine rings is 1. The summed E-state index contributed by atoms with van der Waals surface area (Å²) in [6.45, 7) is 13.4. The first kappa shape index (κ1) is 48.1. The number of ether oxygens (including phenoxy) is 2. The lowest BCUT2D eigenvalue weighted by atomic mass is 9.84. The lowest BCUT2D eigenvalue weighted by Crippen LogP contribution is -2.62. The maximum absolute atomic E-state index is 14.8. The number of likely N-dealkylation sites (N-methyl/N-ethyl adjacent to an activating group) is 1. The van der Waals surface area contributed by atoms with Gasteiger partial charge in [0, 0.05) is 94.1 Å². The normalized spacial score (nSPS) is 20.3. The van der Waals surface area contributed by atoms with E-state index >= 15 is 0 Å². The highest BCUT2D eigenvalue weighted by Crippen LogP contribution is 2.41. The predicted octanol–water partition coefficient (Wildman–Crippen LogP) is 4.96. The molecular weight excluding hydrogens is 867 g/mol. The number of aromatic hydroxyl groups is 1. The van der Waals surface area contributed by atoms with E-state index in [1.54, 1.807) is 42.3 Å². The molecule has 6 heterocycles. The third-order valence-electron chi connectivity index (χ3n) is 13.5. The Hall–Kier alpha value is -6.33. The van der Waals surface area contributed by atoms with Gasteiger partial charge < -0.3 is 39.2 Å². The molecule has 0 unspecified atom stereocenters. The molecule has 0 saturated carbocycles. The van der Waals surface area contributed by atoms with E-state index in [1.807, 2.05) is 38.2 Å². The van der Waals surface area contributed by atoms with Crippen molar-refractivity contribution in [3.05, 3.63) is 71.5 Å². The Morgan fingerprint density at radius 1 is 1.01 bits per heavy atom. The van der Waals surface area contributed by atoms with Crippen molar-refractivity contribution < 1.29 is 38.6 Å². The number of esters is 1. The number of aliphatic imine (C=N–C) groups is 1. The Morgan fingerprint density at radius 3 is 2.51 bits per heavy atom. The topological polar surface area (TPSA) is 191 Å². The summed E-state index contributed by atoms with van der Waals surface area (Å²) >= 11 is 0. The van der Waals surface area contributed by atoms with Crippen molar-refractivity contribution in [2.45, 2.75) is 98.0 Å². The number of phenolic OH excluding ortho intramolecular Hbond substituents is 1. The van der Waals surface area contributed by atoms with E-state index in [-0.39, 0.29) is 43.2 Å². The number of benzene rings is 2. The van der Waals surface area contributed by atoms with Gasteiger partial charge in [0.1, 0.15) is 29.6 Å². The number of hydrazine groups is 1. The fourth-order valence-electron chi connectivity index (χ4n) is 10.1.